The largest absolute Gasteiger partial charge is 0.0622 e. The number of aryl methyl sites for hydroxylation is 4. The molecule has 0 fully saturated rings. The zero-order valence-corrected chi connectivity index (χ0v) is 16.1. The Hall–Kier alpha value is -2.34. The quantitative estimate of drug-likeness (QED) is 0.515. The Morgan fingerprint density at radius 1 is 0.640 bits per heavy atom. The number of hydrogen-bond acceptors (Lipinski definition) is 0. The average Bonchev–Trinajstić information content (AvgIpc) is 2.57. The van der Waals surface area contributed by atoms with Crippen molar-refractivity contribution in [2.75, 3.05) is 0 Å². The standard InChI is InChI=1S/C25H28/c1-18-13-19(2)15-24(14-18)25(5,17-22-9-7-6-8-10-22)23-12-11-20(3)21(4)16-23/h6-16H,17H2,1-5H3. The van der Waals surface area contributed by atoms with Gasteiger partial charge in [-0.05, 0) is 61.9 Å². The summed E-state index contributed by atoms with van der Waals surface area (Å²) in [6, 6.07) is 24.7. The highest BCUT2D eigenvalue weighted by atomic mass is 14.3. The molecule has 128 valence electrons. The fraction of sp³-hybridized carbons (Fsp3) is 0.280. The van der Waals surface area contributed by atoms with Crippen LogP contribution in [0.1, 0.15) is 45.9 Å². The van der Waals surface area contributed by atoms with Crippen molar-refractivity contribution >= 4 is 0 Å². The third-order valence-corrected chi connectivity index (χ3v) is 5.40. The van der Waals surface area contributed by atoms with Crippen molar-refractivity contribution in [2.24, 2.45) is 0 Å². The Morgan fingerprint density at radius 2 is 1.28 bits per heavy atom. The van der Waals surface area contributed by atoms with Gasteiger partial charge < -0.3 is 0 Å². The third-order valence-electron chi connectivity index (χ3n) is 5.40. The molecular formula is C25H28. The van der Waals surface area contributed by atoms with E-state index in [2.05, 4.69) is 101 Å². The predicted molar refractivity (Wildman–Crippen MR) is 108 cm³/mol. The molecule has 0 aromatic heterocycles. The van der Waals surface area contributed by atoms with Gasteiger partial charge in [0.15, 0.2) is 0 Å². The van der Waals surface area contributed by atoms with Crippen molar-refractivity contribution in [3.05, 3.63) is 106 Å². The molecule has 1 unspecified atom stereocenters. The van der Waals surface area contributed by atoms with Crippen molar-refractivity contribution in [3.63, 3.8) is 0 Å². The Labute approximate surface area is 152 Å². The molecule has 0 radical (unpaired) electrons. The zero-order chi connectivity index (χ0) is 18.0. The van der Waals surface area contributed by atoms with E-state index in [0.717, 1.165) is 6.42 Å². The molecule has 0 aliphatic carbocycles. The van der Waals surface area contributed by atoms with Crippen LogP contribution in [0.25, 0.3) is 0 Å². The molecule has 3 aromatic rings. The monoisotopic (exact) mass is 328 g/mol. The lowest BCUT2D eigenvalue weighted by atomic mass is 9.71. The highest BCUT2D eigenvalue weighted by molar-refractivity contribution is 5.46. The molecule has 0 spiro atoms. The van der Waals surface area contributed by atoms with Crippen LogP contribution in [0, 0.1) is 27.7 Å². The van der Waals surface area contributed by atoms with Gasteiger partial charge >= 0.3 is 0 Å². The second-order valence-electron chi connectivity index (χ2n) is 7.67. The summed E-state index contributed by atoms with van der Waals surface area (Å²) in [6.45, 7) is 11.2. The van der Waals surface area contributed by atoms with Crippen LogP contribution >= 0.6 is 0 Å². The van der Waals surface area contributed by atoms with Gasteiger partial charge in [0.2, 0.25) is 0 Å². The lowest BCUT2D eigenvalue weighted by molar-refractivity contribution is 0.566. The van der Waals surface area contributed by atoms with Crippen LogP contribution in [0.4, 0.5) is 0 Å². The van der Waals surface area contributed by atoms with Gasteiger partial charge in [-0.3, -0.25) is 0 Å². The molecule has 0 amide bonds. The topological polar surface area (TPSA) is 0 Å². The van der Waals surface area contributed by atoms with Crippen molar-refractivity contribution in [1.82, 2.24) is 0 Å². The SMILES string of the molecule is Cc1cc(C)cc(C(C)(Cc2ccccc2)c2ccc(C)c(C)c2)c1. The summed E-state index contributed by atoms with van der Waals surface area (Å²) in [5.74, 6) is 0. The van der Waals surface area contributed by atoms with E-state index in [9.17, 15) is 0 Å². The van der Waals surface area contributed by atoms with E-state index in [4.69, 9.17) is 0 Å². The fourth-order valence-electron chi connectivity index (χ4n) is 3.75. The summed E-state index contributed by atoms with van der Waals surface area (Å²) in [5.41, 5.74) is 9.50. The number of rotatable bonds is 4. The van der Waals surface area contributed by atoms with Gasteiger partial charge in [-0.25, -0.2) is 0 Å². The van der Waals surface area contributed by atoms with Gasteiger partial charge in [-0.2, -0.15) is 0 Å². The summed E-state index contributed by atoms with van der Waals surface area (Å²) in [4.78, 5) is 0. The first-order valence-corrected chi connectivity index (χ1v) is 9.09. The predicted octanol–water partition coefficient (Wildman–Crippen LogP) is 6.47. The Balaban J connectivity index is 2.17. The van der Waals surface area contributed by atoms with E-state index >= 15 is 0 Å². The summed E-state index contributed by atoms with van der Waals surface area (Å²) in [5, 5.41) is 0. The van der Waals surface area contributed by atoms with Crippen molar-refractivity contribution in [3.8, 4) is 0 Å². The highest BCUT2D eigenvalue weighted by Gasteiger charge is 2.30. The first kappa shape index (κ1) is 17.5. The maximum atomic E-state index is 2.39. The summed E-state index contributed by atoms with van der Waals surface area (Å²) in [6.07, 6.45) is 0.999. The van der Waals surface area contributed by atoms with Gasteiger partial charge in [0.05, 0.1) is 0 Å². The Kier molecular flexibility index (Phi) is 4.81. The molecular weight excluding hydrogens is 300 g/mol. The summed E-state index contributed by atoms with van der Waals surface area (Å²) >= 11 is 0. The lowest BCUT2D eigenvalue weighted by Crippen LogP contribution is -2.27. The van der Waals surface area contributed by atoms with Crippen LogP contribution in [-0.4, -0.2) is 0 Å². The molecule has 0 N–H and O–H groups in total. The van der Waals surface area contributed by atoms with Gasteiger partial charge in [-0.15, -0.1) is 0 Å². The highest BCUT2D eigenvalue weighted by Crippen LogP contribution is 2.37. The lowest BCUT2D eigenvalue weighted by Gasteiger charge is -2.32. The second kappa shape index (κ2) is 6.88. The minimum absolute atomic E-state index is 0.0450. The van der Waals surface area contributed by atoms with E-state index < -0.39 is 0 Å². The van der Waals surface area contributed by atoms with Crippen LogP contribution in [0.5, 0.6) is 0 Å². The molecule has 0 aliphatic heterocycles. The first-order valence-electron chi connectivity index (χ1n) is 9.09. The Morgan fingerprint density at radius 3 is 1.88 bits per heavy atom. The maximum Gasteiger partial charge on any atom is 0.0215 e. The minimum Gasteiger partial charge on any atom is -0.0622 e. The van der Waals surface area contributed by atoms with Gasteiger partial charge in [0.1, 0.15) is 0 Å². The third kappa shape index (κ3) is 3.69. The smallest absolute Gasteiger partial charge is 0.0215 e. The van der Waals surface area contributed by atoms with Crippen molar-refractivity contribution in [2.45, 2.75) is 46.5 Å². The number of hydrogen-bond donors (Lipinski definition) is 0. The van der Waals surface area contributed by atoms with Crippen LogP contribution in [0.15, 0.2) is 66.7 Å². The molecule has 0 aliphatic rings. The zero-order valence-electron chi connectivity index (χ0n) is 16.1. The average molecular weight is 328 g/mol. The summed E-state index contributed by atoms with van der Waals surface area (Å²) in [7, 11) is 0. The molecule has 3 rings (SSSR count). The number of benzene rings is 3. The van der Waals surface area contributed by atoms with E-state index in [-0.39, 0.29) is 5.41 Å². The molecule has 3 aromatic carbocycles. The molecule has 0 bridgehead atoms. The second-order valence-corrected chi connectivity index (χ2v) is 7.67. The van der Waals surface area contributed by atoms with Crippen LogP contribution in [0.3, 0.4) is 0 Å². The van der Waals surface area contributed by atoms with E-state index in [1.165, 1.54) is 38.9 Å². The minimum atomic E-state index is -0.0450. The van der Waals surface area contributed by atoms with Gasteiger partial charge in [0.25, 0.3) is 0 Å². The fourth-order valence-corrected chi connectivity index (χ4v) is 3.75. The van der Waals surface area contributed by atoms with E-state index in [1.807, 2.05) is 0 Å². The van der Waals surface area contributed by atoms with Gasteiger partial charge in [-0.1, -0.05) is 84.8 Å². The van der Waals surface area contributed by atoms with Crippen LogP contribution in [0.2, 0.25) is 0 Å². The molecule has 25 heavy (non-hydrogen) atoms. The molecule has 0 nitrogen and oxygen atoms in total. The molecule has 0 heteroatoms. The Bertz CT molecular complexity index is 854. The summed E-state index contributed by atoms with van der Waals surface area (Å²) < 4.78 is 0. The molecule has 0 saturated carbocycles. The maximum absolute atomic E-state index is 2.39. The van der Waals surface area contributed by atoms with E-state index in [1.54, 1.807) is 0 Å². The molecule has 1 atom stereocenters. The molecule has 0 heterocycles. The van der Waals surface area contributed by atoms with Crippen LogP contribution < -0.4 is 0 Å². The van der Waals surface area contributed by atoms with Crippen molar-refractivity contribution < 1.29 is 0 Å². The molecule has 0 saturated heterocycles. The van der Waals surface area contributed by atoms with Crippen molar-refractivity contribution in [1.29, 1.82) is 0 Å². The van der Waals surface area contributed by atoms with Crippen LogP contribution in [-0.2, 0) is 11.8 Å². The van der Waals surface area contributed by atoms with Gasteiger partial charge in [0, 0.05) is 5.41 Å². The first-order chi connectivity index (χ1) is 11.9. The normalized spacial score (nSPS) is 13.5. The van der Waals surface area contributed by atoms with E-state index in [0.29, 0.717) is 0 Å².